The van der Waals surface area contributed by atoms with Gasteiger partial charge in [0.05, 0.1) is 55.9 Å². The van der Waals surface area contributed by atoms with Crippen molar-refractivity contribution in [2.75, 3.05) is 38.5 Å². The minimum absolute atomic E-state index is 0.108. The first-order valence-corrected chi connectivity index (χ1v) is 18.2. The van der Waals surface area contributed by atoms with E-state index in [0.717, 1.165) is 46.6 Å². The van der Waals surface area contributed by atoms with Crippen LogP contribution in [0.5, 0.6) is 17.2 Å². The van der Waals surface area contributed by atoms with Gasteiger partial charge >= 0.3 is 0 Å². The van der Waals surface area contributed by atoms with E-state index in [1.54, 1.807) is 31.5 Å². The molecule has 7 rings (SSSR count). The number of rotatable bonds is 14. The number of carbonyl (C=O) groups is 2. The molecular formula is C44H42N6O7. The van der Waals surface area contributed by atoms with Crippen LogP contribution in [-0.2, 0) is 26.6 Å². The van der Waals surface area contributed by atoms with Crippen LogP contribution in [0.25, 0.3) is 21.9 Å². The highest BCUT2D eigenvalue weighted by Crippen LogP contribution is 2.34. The predicted octanol–water partition coefficient (Wildman–Crippen LogP) is 7.16. The van der Waals surface area contributed by atoms with E-state index in [0.29, 0.717) is 41.4 Å². The lowest BCUT2D eigenvalue weighted by atomic mass is 10.1. The molecule has 290 valence electrons. The van der Waals surface area contributed by atoms with Crippen molar-refractivity contribution in [2.24, 2.45) is 7.05 Å². The molecule has 2 amide bonds. The molecule has 57 heavy (non-hydrogen) atoms. The lowest BCUT2D eigenvalue weighted by Gasteiger charge is -2.23. The lowest BCUT2D eigenvalue weighted by molar-refractivity contribution is 0.0997. The standard InChI is InChI=1S/C44H42N6O7/c1-27-6-12-34-38(51)21-42(57-39(34)16-27)44(53)48-36-20-41(56-5)40(55-4)19-35(36)43(52)47-32-10-7-28(8-11-32)14-15-50(26-30-18-33(54-3)24-45-22-30)25-29-9-13-37-31(17-29)23-46-49(37)2/h6-13,16-24H,14-15,25-26H2,1-5H3,(H,47,52)(H,48,53). The molecule has 7 aromatic rings. The number of ether oxygens (including phenoxy) is 3. The highest BCUT2D eigenvalue weighted by molar-refractivity contribution is 6.12. The average Bonchev–Trinajstić information content (AvgIpc) is 3.59. The minimum atomic E-state index is -0.713. The first-order chi connectivity index (χ1) is 27.6. The normalized spacial score (nSPS) is 11.2. The maximum Gasteiger partial charge on any atom is 0.291 e. The predicted molar refractivity (Wildman–Crippen MR) is 218 cm³/mol. The number of carbonyl (C=O) groups excluding carboxylic acids is 2. The van der Waals surface area contributed by atoms with Crippen molar-refractivity contribution in [3.63, 3.8) is 0 Å². The monoisotopic (exact) mass is 766 g/mol. The van der Waals surface area contributed by atoms with Gasteiger partial charge in [-0.1, -0.05) is 24.3 Å². The Morgan fingerprint density at radius 2 is 1.53 bits per heavy atom. The summed E-state index contributed by atoms with van der Waals surface area (Å²) in [5, 5.41) is 11.5. The molecule has 0 spiro atoms. The number of aryl methyl sites for hydroxylation is 2. The second kappa shape index (κ2) is 16.8. The molecule has 3 aromatic heterocycles. The third-order valence-corrected chi connectivity index (χ3v) is 9.68. The summed E-state index contributed by atoms with van der Waals surface area (Å²) in [5.41, 5.74) is 5.95. The molecule has 13 heteroatoms. The molecule has 0 saturated heterocycles. The van der Waals surface area contributed by atoms with Crippen molar-refractivity contribution in [3.8, 4) is 17.2 Å². The fourth-order valence-corrected chi connectivity index (χ4v) is 6.67. The van der Waals surface area contributed by atoms with Crippen molar-refractivity contribution in [1.82, 2.24) is 19.7 Å². The SMILES string of the molecule is COc1cncc(CN(CCc2ccc(NC(=O)c3cc(OC)c(OC)cc3NC(=O)c3cc(=O)c4ccc(C)cc4o3)cc2)Cc2ccc3c(cnn3C)c2)c1. The lowest BCUT2D eigenvalue weighted by Crippen LogP contribution is -2.25. The molecule has 0 bridgehead atoms. The summed E-state index contributed by atoms with van der Waals surface area (Å²) in [4.78, 5) is 46.8. The summed E-state index contributed by atoms with van der Waals surface area (Å²) in [6, 6.07) is 25.3. The molecule has 4 aromatic carbocycles. The van der Waals surface area contributed by atoms with Crippen molar-refractivity contribution in [2.45, 2.75) is 26.4 Å². The van der Waals surface area contributed by atoms with Crippen LogP contribution in [0, 0.1) is 6.92 Å². The van der Waals surface area contributed by atoms with Gasteiger partial charge in [0, 0.05) is 56.1 Å². The highest BCUT2D eigenvalue weighted by atomic mass is 16.5. The second-order valence-corrected chi connectivity index (χ2v) is 13.7. The van der Waals surface area contributed by atoms with E-state index in [9.17, 15) is 14.4 Å². The molecule has 0 atom stereocenters. The van der Waals surface area contributed by atoms with Gasteiger partial charge in [-0.05, 0) is 84.1 Å². The van der Waals surface area contributed by atoms with E-state index in [1.165, 1.54) is 31.9 Å². The van der Waals surface area contributed by atoms with E-state index in [1.807, 2.05) is 61.4 Å². The van der Waals surface area contributed by atoms with Crippen LogP contribution in [0.3, 0.4) is 0 Å². The smallest absolute Gasteiger partial charge is 0.291 e. The van der Waals surface area contributed by atoms with Gasteiger partial charge in [0.15, 0.2) is 22.7 Å². The fraction of sp³-hybridized carbons (Fsp3) is 0.205. The summed E-state index contributed by atoms with van der Waals surface area (Å²) in [6.45, 7) is 3.99. The second-order valence-electron chi connectivity index (χ2n) is 13.7. The maximum atomic E-state index is 13.8. The Morgan fingerprint density at radius 1 is 0.772 bits per heavy atom. The number of pyridine rings is 1. The van der Waals surface area contributed by atoms with Gasteiger partial charge in [-0.25, -0.2) is 0 Å². The minimum Gasteiger partial charge on any atom is -0.495 e. The zero-order chi connectivity index (χ0) is 40.1. The van der Waals surface area contributed by atoms with Crippen LogP contribution in [-0.4, -0.2) is 59.4 Å². The third kappa shape index (κ3) is 8.79. The Balaban J connectivity index is 1.07. The van der Waals surface area contributed by atoms with Crippen LogP contribution < -0.4 is 30.3 Å². The number of anilines is 2. The van der Waals surface area contributed by atoms with Crippen LogP contribution >= 0.6 is 0 Å². The summed E-state index contributed by atoms with van der Waals surface area (Å²) >= 11 is 0. The fourth-order valence-electron chi connectivity index (χ4n) is 6.67. The average molecular weight is 767 g/mol. The number of nitrogens with one attached hydrogen (secondary N) is 2. The molecule has 0 radical (unpaired) electrons. The molecular weight excluding hydrogens is 725 g/mol. The number of fused-ring (bicyclic) bond motifs is 2. The molecule has 0 saturated carbocycles. The molecule has 13 nitrogen and oxygen atoms in total. The number of nitrogens with zero attached hydrogens (tertiary/aromatic N) is 4. The number of benzene rings is 4. The van der Waals surface area contributed by atoms with Crippen LogP contribution in [0.15, 0.2) is 113 Å². The third-order valence-electron chi connectivity index (χ3n) is 9.68. The topological polar surface area (TPSA) is 150 Å². The summed E-state index contributed by atoms with van der Waals surface area (Å²) in [5.74, 6) is -0.133. The first-order valence-electron chi connectivity index (χ1n) is 18.2. The van der Waals surface area contributed by atoms with Gasteiger partial charge in [-0.3, -0.25) is 28.9 Å². The number of amides is 2. The summed E-state index contributed by atoms with van der Waals surface area (Å²) < 4.78 is 24.0. The number of aromatic nitrogens is 3. The Hall–Kier alpha value is -6.99. The first kappa shape index (κ1) is 38.3. The Bertz CT molecular complexity index is 2650. The van der Waals surface area contributed by atoms with E-state index in [-0.39, 0.29) is 28.0 Å². The van der Waals surface area contributed by atoms with Gasteiger partial charge in [-0.15, -0.1) is 0 Å². The molecule has 2 N–H and O–H groups in total. The molecule has 0 aliphatic heterocycles. The Morgan fingerprint density at radius 3 is 2.30 bits per heavy atom. The number of methoxy groups -OCH3 is 3. The van der Waals surface area contributed by atoms with E-state index >= 15 is 0 Å². The molecule has 0 aliphatic rings. The Labute approximate surface area is 328 Å². The highest BCUT2D eigenvalue weighted by Gasteiger charge is 2.21. The van der Waals surface area contributed by atoms with Gasteiger partial charge < -0.3 is 29.3 Å². The van der Waals surface area contributed by atoms with Crippen LogP contribution in [0.2, 0.25) is 0 Å². The van der Waals surface area contributed by atoms with Gasteiger partial charge in [0.25, 0.3) is 11.8 Å². The van der Waals surface area contributed by atoms with Gasteiger partial charge in [0.1, 0.15) is 11.3 Å². The maximum absolute atomic E-state index is 13.8. The zero-order valence-electron chi connectivity index (χ0n) is 32.3. The number of hydrogen-bond donors (Lipinski definition) is 2. The molecule has 0 aliphatic carbocycles. The molecule has 0 fully saturated rings. The van der Waals surface area contributed by atoms with Gasteiger partial charge in [-0.2, -0.15) is 5.10 Å². The van der Waals surface area contributed by atoms with Crippen molar-refractivity contribution in [3.05, 3.63) is 147 Å². The number of hydrogen-bond acceptors (Lipinski definition) is 10. The van der Waals surface area contributed by atoms with Crippen molar-refractivity contribution >= 4 is 45.1 Å². The van der Waals surface area contributed by atoms with Crippen molar-refractivity contribution in [1.29, 1.82) is 0 Å². The largest absolute Gasteiger partial charge is 0.495 e. The van der Waals surface area contributed by atoms with Crippen molar-refractivity contribution < 1.29 is 28.2 Å². The molecule has 0 unspecified atom stereocenters. The summed E-state index contributed by atoms with van der Waals surface area (Å²) in [7, 11) is 6.47. The van der Waals surface area contributed by atoms with E-state index < -0.39 is 11.8 Å². The van der Waals surface area contributed by atoms with Crippen LogP contribution in [0.4, 0.5) is 11.4 Å². The zero-order valence-corrected chi connectivity index (χ0v) is 32.3. The Kier molecular flexibility index (Phi) is 11.3. The molecule has 3 heterocycles. The van der Waals surface area contributed by atoms with Crippen LogP contribution in [0.1, 0.15) is 43.2 Å². The van der Waals surface area contributed by atoms with E-state index in [4.69, 9.17) is 18.6 Å². The van der Waals surface area contributed by atoms with E-state index in [2.05, 4.69) is 43.8 Å². The quantitative estimate of drug-likeness (QED) is 0.117. The summed E-state index contributed by atoms with van der Waals surface area (Å²) in [6.07, 6.45) is 6.18. The van der Waals surface area contributed by atoms with Gasteiger partial charge in [0.2, 0.25) is 0 Å².